The summed E-state index contributed by atoms with van der Waals surface area (Å²) in [5.74, 6) is -0.625. The molecule has 0 spiro atoms. The van der Waals surface area contributed by atoms with Crippen molar-refractivity contribution in [3.8, 4) is 0 Å². The van der Waals surface area contributed by atoms with E-state index in [1.165, 1.54) is 12.8 Å². The second-order valence-electron chi connectivity index (χ2n) is 2.09. The molecule has 72 valence electrons. The second-order valence-corrected chi connectivity index (χ2v) is 2.09. The fourth-order valence-corrected chi connectivity index (χ4v) is 0.349. The van der Waals surface area contributed by atoms with Gasteiger partial charge in [-0.2, -0.15) is 0 Å². The Morgan fingerprint density at radius 3 is 1.67 bits per heavy atom. The van der Waals surface area contributed by atoms with Gasteiger partial charge in [-0.25, -0.2) is 0 Å². The molecule has 0 aromatic heterocycles. The Kier molecular flexibility index (Phi) is 10.8. The minimum atomic E-state index is -0.312. The topological polar surface area (TPSA) is 138 Å². The lowest BCUT2D eigenvalue weighted by atomic mass is 10.3. The molecule has 0 bridgehead atoms. The average Bonchev–Trinajstić information content (AvgIpc) is 1.87. The number of nitrogens with two attached hydrogens (primary N) is 3. The Hall–Kier alpha value is -1.30. The first-order valence-corrected chi connectivity index (χ1v) is 3.69. The van der Waals surface area contributed by atoms with Crippen LogP contribution in [-0.2, 0) is 0 Å². The van der Waals surface area contributed by atoms with E-state index in [1.54, 1.807) is 0 Å². The highest BCUT2D eigenvalue weighted by molar-refractivity contribution is 5.93. The quantitative estimate of drug-likeness (QED) is 0.239. The molecule has 6 nitrogen and oxygen atoms in total. The molecule has 0 radical (unpaired) electrons. The maximum Gasteiger partial charge on any atom is 0.192 e. The zero-order valence-electron chi connectivity index (χ0n) is 7.35. The summed E-state index contributed by atoms with van der Waals surface area (Å²) >= 11 is 0. The van der Waals surface area contributed by atoms with Crippen molar-refractivity contribution in [3.63, 3.8) is 0 Å². The van der Waals surface area contributed by atoms with Crippen LogP contribution in [0.3, 0.4) is 0 Å². The summed E-state index contributed by atoms with van der Waals surface area (Å²) in [6.07, 6.45) is 2.39. The molecule has 0 amide bonds. The van der Waals surface area contributed by atoms with E-state index in [0.717, 1.165) is 6.54 Å². The third-order valence-electron chi connectivity index (χ3n) is 0.827. The Morgan fingerprint density at radius 2 is 1.67 bits per heavy atom. The summed E-state index contributed by atoms with van der Waals surface area (Å²) in [5, 5.41) is 15.0. The third kappa shape index (κ3) is 23.4. The summed E-state index contributed by atoms with van der Waals surface area (Å²) in [6.45, 7) is 2.98. The molecule has 0 atom stereocenters. The average molecular weight is 174 g/mol. The minimum absolute atomic E-state index is 0.312. The molecule has 0 heterocycles. The molecular formula is C6H18N6. The zero-order valence-corrected chi connectivity index (χ0v) is 7.35. The van der Waals surface area contributed by atoms with Crippen molar-refractivity contribution < 1.29 is 0 Å². The van der Waals surface area contributed by atoms with E-state index in [2.05, 4.69) is 6.92 Å². The number of guanidine groups is 2. The van der Waals surface area contributed by atoms with Crippen molar-refractivity contribution in [1.82, 2.24) is 5.32 Å². The highest BCUT2D eigenvalue weighted by Gasteiger charge is 1.83. The van der Waals surface area contributed by atoms with Crippen LogP contribution >= 0.6 is 0 Å². The van der Waals surface area contributed by atoms with Gasteiger partial charge in [0.05, 0.1) is 0 Å². The lowest BCUT2D eigenvalue weighted by molar-refractivity contribution is 0.807. The number of unbranched alkanes of at least 4 members (excludes halogenated alkanes) is 1. The normalized spacial score (nSPS) is 7.83. The highest BCUT2D eigenvalue weighted by atomic mass is 15.1. The highest BCUT2D eigenvalue weighted by Crippen LogP contribution is 1.77. The van der Waals surface area contributed by atoms with Gasteiger partial charge in [0.1, 0.15) is 0 Å². The summed E-state index contributed by atoms with van der Waals surface area (Å²) in [6, 6.07) is 0. The predicted molar refractivity (Wildman–Crippen MR) is 50.9 cm³/mol. The molecule has 0 saturated heterocycles. The Morgan fingerprint density at radius 1 is 1.25 bits per heavy atom. The van der Waals surface area contributed by atoms with Gasteiger partial charge in [-0.1, -0.05) is 13.3 Å². The van der Waals surface area contributed by atoms with Crippen LogP contribution in [0.15, 0.2) is 0 Å². The van der Waals surface area contributed by atoms with E-state index in [-0.39, 0.29) is 11.9 Å². The SMILES string of the molecule is CCCCN.N=C(N)NC(=N)N. The largest absolute Gasteiger partial charge is 0.370 e. The smallest absolute Gasteiger partial charge is 0.192 e. The summed E-state index contributed by atoms with van der Waals surface area (Å²) < 4.78 is 0. The molecule has 0 saturated carbocycles. The van der Waals surface area contributed by atoms with Crippen LogP contribution in [-0.4, -0.2) is 18.5 Å². The van der Waals surface area contributed by atoms with Crippen molar-refractivity contribution in [3.05, 3.63) is 0 Å². The van der Waals surface area contributed by atoms with Crippen LogP contribution in [0.4, 0.5) is 0 Å². The summed E-state index contributed by atoms with van der Waals surface area (Å²) in [7, 11) is 0. The molecular weight excluding hydrogens is 156 g/mol. The first-order valence-electron chi connectivity index (χ1n) is 3.69. The van der Waals surface area contributed by atoms with E-state index >= 15 is 0 Å². The first kappa shape index (κ1) is 13.3. The van der Waals surface area contributed by atoms with E-state index in [4.69, 9.17) is 28.0 Å². The molecule has 0 aliphatic heterocycles. The molecule has 0 aliphatic carbocycles. The Labute approximate surface area is 72.5 Å². The number of nitrogens with one attached hydrogen (secondary N) is 3. The van der Waals surface area contributed by atoms with Crippen molar-refractivity contribution in [2.24, 2.45) is 17.2 Å². The van der Waals surface area contributed by atoms with Gasteiger partial charge in [0, 0.05) is 0 Å². The van der Waals surface area contributed by atoms with Gasteiger partial charge < -0.3 is 17.2 Å². The maximum absolute atomic E-state index is 6.47. The first-order chi connectivity index (χ1) is 5.54. The molecule has 0 aliphatic rings. The standard InChI is InChI=1S/C4H11N.C2H7N5/c1-2-3-4-5;3-1(4)7-2(5)6/h2-5H2,1H3;(H7,3,4,5,6,7). The van der Waals surface area contributed by atoms with Crippen molar-refractivity contribution >= 4 is 11.9 Å². The Balaban J connectivity index is 0. The second kappa shape index (κ2) is 9.70. The Bertz CT molecular complexity index is 118. The van der Waals surface area contributed by atoms with E-state index in [1.807, 2.05) is 5.32 Å². The van der Waals surface area contributed by atoms with Gasteiger partial charge in [-0.3, -0.25) is 16.1 Å². The van der Waals surface area contributed by atoms with E-state index < -0.39 is 0 Å². The molecule has 9 N–H and O–H groups in total. The summed E-state index contributed by atoms with van der Waals surface area (Å²) in [4.78, 5) is 0. The molecule has 0 unspecified atom stereocenters. The van der Waals surface area contributed by atoms with Crippen LogP contribution in [0.2, 0.25) is 0 Å². The van der Waals surface area contributed by atoms with E-state index in [9.17, 15) is 0 Å². The molecule has 0 aromatic rings. The molecule has 12 heavy (non-hydrogen) atoms. The third-order valence-corrected chi connectivity index (χ3v) is 0.827. The van der Waals surface area contributed by atoms with Crippen LogP contribution in [0.25, 0.3) is 0 Å². The van der Waals surface area contributed by atoms with Gasteiger partial charge >= 0.3 is 0 Å². The van der Waals surface area contributed by atoms with Crippen molar-refractivity contribution in [2.45, 2.75) is 19.8 Å². The van der Waals surface area contributed by atoms with Crippen LogP contribution < -0.4 is 22.5 Å². The van der Waals surface area contributed by atoms with Crippen molar-refractivity contribution in [2.75, 3.05) is 6.54 Å². The van der Waals surface area contributed by atoms with E-state index in [0.29, 0.717) is 0 Å². The number of hydrogen-bond donors (Lipinski definition) is 6. The minimum Gasteiger partial charge on any atom is -0.370 e. The summed E-state index contributed by atoms with van der Waals surface area (Å²) in [5.41, 5.74) is 14.6. The van der Waals surface area contributed by atoms with Crippen LogP contribution in [0, 0.1) is 10.8 Å². The van der Waals surface area contributed by atoms with Gasteiger partial charge in [0.15, 0.2) is 11.9 Å². The fraction of sp³-hybridized carbons (Fsp3) is 0.667. The molecule has 0 aromatic carbocycles. The zero-order chi connectivity index (χ0) is 9.98. The monoisotopic (exact) mass is 174 g/mol. The number of rotatable bonds is 2. The van der Waals surface area contributed by atoms with Gasteiger partial charge in [0.25, 0.3) is 0 Å². The fourth-order valence-electron chi connectivity index (χ4n) is 0.349. The van der Waals surface area contributed by atoms with Crippen LogP contribution in [0.1, 0.15) is 19.8 Å². The van der Waals surface area contributed by atoms with Crippen molar-refractivity contribution in [1.29, 1.82) is 10.8 Å². The molecule has 6 heteroatoms. The molecule has 0 rings (SSSR count). The van der Waals surface area contributed by atoms with Gasteiger partial charge in [-0.05, 0) is 13.0 Å². The maximum atomic E-state index is 6.47. The lowest BCUT2D eigenvalue weighted by Crippen LogP contribution is -2.39. The number of hydrogen-bond acceptors (Lipinski definition) is 3. The predicted octanol–water partition coefficient (Wildman–Crippen LogP) is -0.892. The lowest BCUT2D eigenvalue weighted by Gasteiger charge is -1.95. The van der Waals surface area contributed by atoms with Gasteiger partial charge in [-0.15, -0.1) is 0 Å². The van der Waals surface area contributed by atoms with Gasteiger partial charge in [0.2, 0.25) is 0 Å². The van der Waals surface area contributed by atoms with Crippen LogP contribution in [0.5, 0.6) is 0 Å². The molecule has 0 fully saturated rings.